The number of halogens is 2. The summed E-state index contributed by atoms with van der Waals surface area (Å²) in [5.41, 5.74) is 0.957. The quantitative estimate of drug-likeness (QED) is 0.767. The summed E-state index contributed by atoms with van der Waals surface area (Å²) in [5.74, 6) is 1.66. The second-order valence-corrected chi connectivity index (χ2v) is 5.24. The lowest BCUT2D eigenvalue weighted by Crippen LogP contribution is -2.13. The third kappa shape index (κ3) is 4.48. The standard InChI is InChI=1S/C16H19ClFNO2/c1-3-6-19-9-14-7-12(11(2)21-14)10-20-13-4-5-15(17)16(18)8-13/h4-5,7-8,19H,3,6,9-10H2,1-2H3. The van der Waals surface area contributed by atoms with Crippen molar-refractivity contribution in [1.29, 1.82) is 0 Å². The molecule has 0 aliphatic heterocycles. The molecule has 21 heavy (non-hydrogen) atoms. The number of ether oxygens (including phenoxy) is 1. The highest BCUT2D eigenvalue weighted by atomic mass is 35.5. The van der Waals surface area contributed by atoms with E-state index in [1.165, 1.54) is 12.1 Å². The van der Waals surface area contributed by atoms with Crippen LogP contribution in [0, 0.1) is 12.7 Å². The fourth-order valence-electron chi connectivity index (χ4n) is 1.93. The number of rotatable bonds is 7. The fourth-order valence-corrected chi connectivity index (χ4v) is 2.05. The molecule has 0 saturated carbocycles. The van der Waals surface area contributed by atoms with Crippen LogP contribution < -0.4 is 10.1 Å². The molecule has 0 bridgehead atoms. The summed E-state index contributed by atoms with van der Waals surface area (Å²) in [7, 11) is 0. The normalized spacial score (nSPS) is 10.9. The number of hydrogen-bond acceptors (Lipinski definition) is 3. The number of furan rings is 1. The van der Waals surface area contributed by atoms with Crippen molar-refractivity contribution in [2.45, 2.75) is 33.4 Å². The zero-order chi connectivity index (χ0) is 15.2. The molecule has 5 heteroatoms. The lowest BCUT2D eigenvalue weighted by Gasteiger charge is -2.05. The number of hydrogen-bond donors (Lipinski definition) is 1. The first-order valence-electron chi connectivity index (χ1n) is 6.97. The van der Waals surface area contributed by atoms with Crippen LogP contribution in [-0.4, -0.2) is 6.54 Å². The fraction of sp³-hybridized carbons (Fsp3) is 0.375. The number of aryl methyl sites for hydroxylation is 1. The minimum atomic E-state index is -0.484. The zero-order valence-electron chi connectivity index (χ0n) is 12.2. The first-order chi connectivity index (χ1) is 10.1. The Morgan fingerprint density at radius 2 is 2.14 bits per heavy atom. The molecule has 2 aromatic rings. The van der Waals surface area contributed by atoms with Gasteiger partial charge in [-0.05, 0) is 38.1 Å². The van der Waals surface area contributed by atoms with Crippen molar-refractivity contribution < 1.29 is 13.5 Å². The van der Waals surface area contributed by atoms with Crippen LogP contribution in [-0.2, 0) is 13.2 Å². The zero-order valence-corrected chi connectivity index (χ0v) is 13.0. The van der Waals surface area contributed by atoms with Gasteiger partial charge in [0, 0.05) is 11.6 Å². The van der Waals surface area contributed by atoms with E-state index < -0.39 is 5.82 Å². The molecule has 0 aliphatic rings. The molecule has 0 radical (unpaired) electrons. The molecule has 0 atom stereocenters. The molecule has 1 heterocycles. The number of nitrogens with one attached hydrogen (secondary N) is 1. The molecule has 0 aliphatic carbocycles. The van der Waals surface area contributed by atoms with Crippen LogP contribution in [0.25, 0.3) is 0 Å². The monoisotopic (exact) mass is 311 g/mol. The van der Waals surface area contributed by atoms with Gasteiger partial charge in [0.15, 0.2) is 0 Å². The molecule has 0 fully saturated rings. The lowest BCUT2D eigenvalue weighted by atomic mass is 10.2. The van der Waals surface area contributed by atoms with Gasteiger partial charge in [-0.2, -0.15) is 0 Å². The van der Waals surface area contributed by atoms with Gasteiger partial charge < -0.3 is 14.5 Å². The van der Waals surface area contributed by atoms with E-state index >= 15 is 0 Å². The molecular formula is C16H19ClFNO2. The highest BCUT2D eigenvalue weighted by Crippen LogP contribution is 2.22. The second kappa shape index (κ2) is 7.48. The van der Waals surface area contributed by atoms with Crippen LogP contribution in [0.15, 0.2) is 28.7 Å². The summed E-state index contributed by atoms with van der Waals surface area (Å²) >= 11 is 5.63. The first-order valence-corrected chi connectivity index (χ1v) is 7.34. The van der Waals surface area contributed by atoms with Crippen molar-refractivity contribution in [2.75, 3.05) is 6.54 Å². The van der Waals surface area contributed by atoms with E-state index in [2.05, 4.69) is 12.2 Å². The van der Waals surface area contributed by atoms with E-state index in [0.29, 0.717) is 18.9 Å². The Kier molecular flexibility index (Phi) is 5.65. The molecule has 1 aromatic heterocycles. The Labute approximate surface area is 129 Å². The van der Waals surface area contributed by atoms with Gasteiger partial charge in [-0.1, -0.05) is 18.5 Å². The van der Waals surface area contributed by atoms with Crippen molar-refractivity contribution in [3.63, 3.8) is 0 Å². The molecule has 1 aromatic carbocycles. The largest absolute Gasteiger partial charge is 0.489 e. The van der Waals surface area contributed by atoms with E-state index in [4.69, 9.17) is 20.8 Å². The molecule has 1 N–H and O–H groups in total. The highest BCUT2D eigenvalue weighted by Gasteiger charge is 2.09. The Hall–Kier alpha value is -1.52. The molecular weight excluding hydrogens is 293 g/mol. The van der Waals surface area contributed by atoms with E-state index in [9.17, 15) is 4.39 Å². The van der Waals surface area contributed by atoms with Crippen molar-refractivity contribution >= 4 is 11.6 Å². The van der Waals surface area contributed by atoms with Crippen LogP contribution in [0.5, 0.6) is 5.75 Å². The average molecular weight is 312 g/mol. The predicted molar refractivity (Wildman–Crippen MR) is 81.2 cm³/mol. The topological polar surface area (TPSA) is 34.4 Å². The van der Waals surface area contributed by atoms with Crippen molar-refractivity contribution in [2.24, 2.45) is 0 Å². The summed E-state index contributed by atoms with van der Waals surface area (Å²) < 4.78 is 24.5. The molecule has 0 unspecified atom stereocenters. The Morgan fingerprint density at radius 3 is 2.86 bits per heavy atom. The van der Waals surface area contributed by atoms with Gasteiger partial charge in [-0.25, -0.2) is 4.39 Å². The summed E-state index contributed by atoms with van der Waals surface area (Å²) in [6.07, 6.45) is 1.08. The first kappa shape index (κ1) is 15.9. The average Bonchev–Trinajstić information content (AvgIpc) is 2.81. The van der Waals surface area contributed by atoms with Gasteiger partial charge in [-0.15, -0.1) is 0 Å². The van der Waals surface area contributed by atoms with E-state index in [1.54, 1.807) is 6.07 Å². The lowest BCUT2D eigenvalue weighted by molar-refractivity contribution is 0.301. The number of benzene rings is 1. The molecule has 0 amide bonds. The maximum atomic E-state index is 13.3. The van der Waals surface area contributed by atoms with Crippen molar-refractivity contribution in [3.05, 3.63) is 52.2 Å². The summed E-state index contributed by atoms with van der Waals surface area (Å²) in [6.45, 7) is 6.00. The van der Waals surface area contributed by atoms with E-state index in [-0.39, 0.29) is 5.02 Å². The predicted octanol–water partition coefficient (Wildman–Crippen LogP) is 4.46. The van der Waals surface area contributed by atoms with E-state index in [1.807, 2.05) is 13.0 Å². The van der Waals surface area contributed by atoms with Crippen molar-refractivity contribution in [1.82, 2.24) is 5.32 Å². The summed E-state index contributed by atoms with van der Waals surface area (Å²) in [6, 6.07) is 6.37. The van der Waals surface area contributed by atoms with Gasteiger partial charge in [0.2, 0.25) is 0 Å². The highest BCUT2D eigenvalue weighted by molar-refractivity contribution is 6.30. The van der Waals surface area contributed by atoms with Gasteiger partial charge >= 0.3 is 0 Å². The van der Waals surface area contributed by atoms with Gasteiger partial charge in [0.05, 0.1) is 11.6 Å². The van der Waals surface area contributed by atoms with Gasteiger partial charge in [0.1, 0.15) is 29.7 Å². The molecule has 2 rings (SSSR count). The summed E-state index contributed by atoms with van der Waals surface area (Å²) in [5, 5.41) is 3.37. The molecule has 0 saturated heterocycles. The SMILES string of the molecule is CCCNCc1cc(COc2ccc(Cl)c(F)c2)c(C)o1. The van der Waals surface area contributed by atoms with Crippen LogP contribution in [0.4, 0.5) is 4.39 Å². The molecule has 0 spiro atoms. The molecule has 114 valence electrons. The minimum absolute atomic E-state index is 0.0890. The second-order valence-electron chi connectivity index (χ2n) is 4.84. The van der Waals surface area contributed by atoms with Crippen molar-refractivity contribution in [3.8, 4) is 5.75 Å². The maximum Gasteiger partial charge on any atom is 0.145 e. The van der Waals surface area contributed by atoms with Gasteiger partial charge in [0.25, 0.3) is 0 Å². The van der Waals surface area contributed by atoms with E-state index in [0.717, 1.165) is 30.0 Å². The maximum absolute atomic E-state index is 13.3. The third-order valence-corrected chi connectivity index (χ3v) is 3.39. The van der Waals surface area contributed by atoms with Crippen LogP contribution in [0.2, 0.25) is 5.02 Å². The smallest absolute Gasteiger partial charge is 0.145 e. The van der Waals surface area contributed by atoms with Crippen LogP contribution in [0.1, 0.15) is 30.4 Å². The Bertz CT molecular complexity index is 598. The van der Waals surface area contributed by atoms with Gasteiger partial charge in [-0.3, -0.25) is 0 Å². The third-order valence-electron chi connectivity index (χ3n) is 3.08. The van der Waals surface area contributed by atoms with Crippen LogP contribution in [0.3, 0.4) is 0 Å². The van der Waals surface area contributed by atoms with Crippen LogP contribution >= 0.6 is 11.6 Å². The summed E-state index contributed by atoms with van der Waals surface area (Å²) in [4.78, 5) is 0. The molecule has 3 nitrogen and oxygen atoms in total. The minimum Gasteiger partial charge on any atom is -0.489 e. The Balaban J connectivity index is 1.94. The Morgan fingerprint density at radius 1 is 1.33 bits per heavy atom.